The molecule has 0 saturated heterocycles. The minimum Gasteiger partial charge on any atom is -0.402 e. The summed E-state index contributed by atoms with van der Waals surface area (Å²) in [4.78, 5) is 26.1. The van der Waals surface area contributed by atoms with E-state index < -0.39 is 10.9 Å². The van der Waals surface area contributed by atoms with Crippen molar-refractivity contribution in [1.29, 1.82) is 0 Å². The molecule has 0 atom stereocenters. The lowest BCUT2D eigenvalue weighted by molar-refractivity contribution is -0.384. The first-order valence-electron chi connectivity index (χ1n) is 6.46. The van der Waals surface area contributed by atoms with E-state index in [1.807, 2.05) is 30.3 Å². The van der Waals surface area contributed by atoms with Crippen LogP contribution in [0.15, 0.2) is 65.3 Å². The Morgan fingerprint density at radius 2 is 1.73 bits per heavy atom. The molecule has 0 fully saturated rings. The first kappa shape index (κ1) is 13.7. The monoisotopic (exact) mass is 294 g/mol. The van der Waals surface area contributed by atoms with E-state index in [9.17, 15) is 14.9 Å². The number of carbonyl (C=O) groups is 1. The Morgan fingerprint density at radius 3 is 2.36 bits per heavy atom. The molecule has 6 nitrogen and oxygen atoms in total. The molecule has 6 heteroatoms. The fourth-order valence-electron chi connectivity index (χ4n) is 1.97. The van der Waals surface area contributed by atoms with Gasteiger partial charge >= 0.3 is 5.97 Å². The number of cyclic esters (lactones) is 1. The van der Waals surface area contributed by atoms with E-state index in [0.717, 1.165) is 5.56 Å². The number of ether oxygens (including phenoxy) is 1. The van der Waals surface area contributed by atoms with Crippen molar-refractivity contribution in [2.45, 2.75) is 0 Å². The number of hydrogen-bond acceptors (Lipinski definition) is 5. The quantitative estimate of drug-likeness (QED) is 0.377. The number of carbonyl (C=O) groups excluding carboxylic acids is 1. The van der Waals surface area contributed by atoms with E-state index in [-0.39, 0.29) is 17.3 Å². The van der Waals surface area contributed by atoms with Crippen molar-refractivity contribution in [2.24, 2.45) is 4.99 Å². The molecule has 22 heavy (non-hydrogen) atoms. The summed E-state index contributed by atoms with van der Waals surface area (Å²) in [5, 5.41) is 10.6. The van der Waals surface area contributed by atoms with Gasteiger partial charge in [0.05, 0.1) is 4.92 Å². The highest BCUT2D eigenvalue weighted by Gasteiger charge is 2.24. The van der Waals surface area contributed by atoms with E-state index in [1.165, 1.54) is 24.3 Å². The number of non-ortho nitro benzene ring substituents is 1. The summed E-state index contributed by atoms with van der Waals surface area (Å²) in [5.74, 6) is -0.403. The van der Waals surface area contributed by atoms with E-state index in [2.05, 4.69) is 4.99 Å². The number of nitrogens with zero attached hydrogens (tertiary/aromatic N) is 2. The Bertz CT molecular complexity index is 793. The average Bonchev–Trinajstić information content (AvgIpc) is 2.89. The Balaban J connectivity index is 1.90. The third-order valence-corrected chi connectivity index (χ3v) is 3.05. The van der Waals surface area contributed by atoms with Crippen molar-refractivity contribution in [3.8, 4) is 0 Å². The second kappa shape index (κ2) is 5.61. The standard InChI is InChI=1S/C16H10N2O4/c19-16-14(10-11-4-2-1-3-5-11)17-15(22-16)12-6-8-13(9-7-12)18(20)21/h1-10H. The normalized spacial score (nSPS) is 15.5. The summed E-state index contributed by atoms with van der Waals surface area (Å²) in [6.07, 6.45) is 1.63. The Morgan fingerprint density at radius 1 is 1.05 bits per heavy atom. The van der Waals surface area contributed by atoms with Crippen LogP contribution in [0.3, 0.4) is 0 Å². The van der Waals surface area contributed by atoms with Crippen LogP contribution >= 0.6 is 0 Å². The first-order chi connectivity index (χ1) is 10.6. The van der Waals surface area contributed by atoms with Crippen molar-refractivity contribution in [3.63, 3.8) is 0 Å². The number of nitro groups is 1. The van der Waals surface area contributed by atoms with Gasteiger partial charge in [0, 0.05) is 17.7 Å². The molecule has 1 heterocycles. The van der Waals surface area contributed by atoms with Gasteiger partial charge in [-0.25, -0.2) is 9.79 Å². The predicted molar refractivity (Wildman–Crippen MR) is 80.1 cm³/mol. The molecule has 1 aliphatic rings. The van der Waals surface area contributed by atoms with Gasteiger partial charge in [-0.2, -0.15) is 0 Å². The highest BCUT2D eigenvalue weighted by molar-refractivity contribution is 6.12. The summed E-state index contributed by atoms with van der Waals surface area (Å²) in [6, 6.07) is 14.9. The SMILES string of the molecule is O=C1OC(c2ccc([N+](=O)[O-])cc2)=NC1=Cc1ccccc1. The fourth-order valence-corrected chi connectivity index (χ4v) is 1.97. The Kier molecular flexibility index (Phi) is 3.49. The molecule has 2 aromatic carbocycles. The number of rotatable bonds is 3. The van der Waals surface area contributed by atoms with Crippen molar-refractivity contribution < 1.29 is 14.5 Å². The zero-order valence-corrected chi connectivity index (χ0v) is 11.3. The smallest absolute Gasteiger partial charge is 0.363 e. The van der Waals surface area contributed by atoms with Gasteiger partial charge in [-0.15, -0.1) is 0 Å². The molecule has 0 amide bonds. The van der Waals surface area contributed by atoms with E-state index in [1.54, 1.807) is 6.08 Å². The minimum atomic E-state index is -0.544. The van der Waals surface area contributed by atoms with Crippen molar-refractivity contribution in [2.75, 3.05) is 0 Å². The van der Waals surface area contributed by atoms with Crippen molar-refractivity contribution >= 4 is 23.6 Å². The van der Waals surface area contributed by atoms with Crippen LogP contribution in [0.25, 0.3) is 6.08 Å². The van der Waals surface area contributed by atoms with Crippen molar-refractivity contribution in [3.05, 3.63) is 81.5 Å². The molecule has 0 unspecified atom stereocenters. The van der Waals surface area contributed by atoms with Crippen LogP contribution in [0.1, 0.15) is 11.1 Å². The summed E-state index contributed by atoms with van der Waals surface area (Å²) >= 11 is 0. The molecule has 2 aromatic rings. The highest BCUT2D eigenvalue weighted by Crippen LogP contribution is 2.20. The lowest BCUT2D eigenvalue weighted by atomic mass is 10.2. The topological polar surface area (TPSA) is 81.8 Å². The fraction of sp³-hybridized carbons (Fsp3) is 0. The molecule has 0 aliphatic carbocycles. The lowest BCUT2D eigenvalue weighted by Gasteiger charge is -1.98. The summed E-state index contributed by atoms with van der Waals surface area (Å²) in [7, 11) is 0. The zero-order valence-electron chi connectivity index (χ0n) is 11.3. The van der Waals surface area contributed by atoms with Gasteiger partial charge in [-0.3, -0.25) is 10.1 Å². The van der Waals surface area contributed by atoms with Gasteiger partial charge in [0.2, 0.25) is 5.90 Å². The third kappa shape index (κ3) is 2.76. The number of aliphatic imine (C=N–C) groups is 1. The molecular formula is C16H10N2O4. The van der Waals surface area contributed by atoms with E-state index in [0.29, 0.717) is 5.56 Å². The maximum Gasteiger partial charge on any atom is 0.363 e. The zero-order chi connectivity index (χ0) is 15.5. The molecule has 0 N–H and O–H groups in total. The molecule has 0 aromatic heterocycles. The molecule has 0 radical (unpaired) electrons. The minimum absolute atomic E-state index is 0.0336. The lowest BCUT2D eigenvalue weighted by Crippen LogP contribution is -2.05. The molecular weight excluding hydrogens is 284 g/mol. The van der Waals surface area contributed by atoms with Crippen LogP contribution < -0.4 is 0 Å². The average molecular weight is 294 g/mol. The molecule has 1 aliphatic heterocycles. The van der Waals surface area contributed by atoms with Gasteiger partial charge in [0.15, 0.2) is 5.70 Å². The third-order valence-electron chi connectivity index (χ3n) is 3.05. The van der Waals surface area contributed by atoms with E-state index in [4.69, 9.17) is 4.74 Å². The van der Waals surface area contributed by atoms with Crippen LogP contribution in [-0.4, -0.2) is 16.8 Å². The van der Waals surface area contributed by atoms with Crippen LogP contribution in [0, 0.1) is 10.1 Å². The Labute approximate surface area is 125 Å². The number of nitro benzene ring substituents is 1. The van der Waals surface area contributed by atoms with E-state index >= 15 is 0 Å². The number of hydrogen-bond donors (Lipinski definition) is 0. The predicted octanol–water partition coefficient (Wildman–Crippen LogP) is 2.94. The van der Waals surface area contributed by atoms with Crippen LogP contribution in [0.2, 0.25) is 0 Å². The summed E-state index contributed by atoms with van der Waals surface area (Å²) < 4.78 is 5.11. The summed E-state index contributed by atoms with van der Waals surface area (Å²) in [5.41, 5.74) is 1.51. The second-order valence-corrected chi connectivity index (χ2v) is 4.55. The van der Waals surface area contributed by atoms with Crippen LogP contribution in [0.5, 0.6) is 0 Å². The summed E-state index contributed by atoms with van der Waals surface area (Å²) in [6.45, 7) is 0. The van der Waals surface area contributed by atoms with Crippen LogP contribution in [0.4, 0.5) is 5.69 Å². The number of esters is 1. The molecule has 0 saturated carbocycles. The molecule has 108 valence electrons. The second-order valence-electron chi connectivity index (χ2n) is 4.55. The van der Waals surface area contributed by atoms with Crippen LogP contribution in [-0.2, 0) is 9.53 Å². The Hall–Kier alpha value is -3.28. The largest absolute Gasteiger partial charge is 0.402 e. The maximum absolute atomic E-state index is 11.8. The first-order valence-corrected chi connectivity index (χ1v) is 6.46. The molecule has 3 rings (SSSR count). The van der Waals surface area contributed by atoms with Gasteiger partial charge < -0.3 is 4.74 Å². The molecule has 0 bridgehead atoms. The van der Waals surface area contributed by atoms with Crippen molar-refractivity contribution in [1.82, 2.24) is 0 Å². The van der Waals surface area contributed by atoms with Gasteiger partial charge in [0.25, 0.3) is 5.69 Å². The van der Waals surface area contributed by atoms with Gasteiger partial charge in [0.1, 0.15) is 0 Å². The highest BCUT2D eigenvalue weighted by atomic mass is 16.6. The van der Waals surface area contributed by atoms with Gasteiger partial charge in [-0.05, 0) is 23.8 Å². The maximum atomic E-state index is 11.8. The molecule has 0 spiro atoms. The number of benzene rings is 2. The van der Waals surface area contributed by atoms with Gasteiger partial charge in [-0.1, -0.05) is 30.3 Å².